The summed E-state index contributed by atoms with van der Waals surface area (Å²) in [5.74, 6) is -0.665. The fourth-order valence-electron chi connectivity index (χ4n) is 9.78. The molecule has 2 aliphatic heterocycles. The second kappa shape index (κ2) is 18.2. The van der Waals surface area contributed by atoms with Gasteiger partial charge in [0, 0.05) is 52.9 Å². The number of likely N-dealkylation sites (N-methyl/N-ethyl adjacent to an activating group) is 1. The number of anilines is 3. The Labute approximate surface area is 389 Å². The second-order valence-electron chi connectivity index (χ2n) is 18.3. The topological polar surface area (TPSA) is 62.1 Å². The van der Waals surface area contributed by atoms with Crippen molar-refractivity contribution in [1.29, 1.82) is 0 Å². The number of nitrogens with zero attached hydrogens (tertiary/aromatic N) is 3. The van der Waals surface area contributed by atoms with Crippen LogP contribution in [-0.4, -0.2) is 36.3 Å². The van der Waals surface area contributed by atoms with Crippen molar-refractivity contribution >= 4 is 40.4 Å². The normalized spacial score (nSPS) is 17.2. The summed E-state index contributed by atoms with van der Waals surface area (Å²) in [5, 5.41) is 0. The van der Waals surface area contributed by atoms with Crippen LogP contribution in [-0.2, 0) is 33.5 Å². The highest BCUT2D eigenvalue weighted by molar-refractivity contribution is 6.04. The van der Waals surface area contributed by atoms with Gasteiger partial charge in [0.2, 0.25) is 5.69 Å². The van der Waals surface area contributed by atoms with E-state index < -0.39 is 0 Å². The first-order chi connectivity index (χ1) is 31.9. The Bertz CT molecular complexity index is 2920. The number of benzene rings is 6. The summed E-state index contributed by atoms with van der Waals surface area (Å²) in [6, 6.07) is 52.5. The highest BCUT2D eigenvalue weighted by Gasteiger charge is 2.44. The van der Waals surface area contributed by atoms with Crippen LogP contribution >= 0.6 is 0 Å². The quantitative estimate of drug-likeness (QED) is 0.0902. The minimum Gasteiger partial charge on any atom is -0.457 e. The summed E-state index contributed by atoms with van der Waals surface area (Å²) in [6.45, 7) is 9.36. The van der Waals surface area contributed by atoms with Gasteiger partial charge in [-0.2, -0.15) is 4.58 Å². The summed E-state index contributed by atoms with van der Waals surface area (Å²) in [7, 11) is 4.22. The second-order valence-corrected chi connectivity index (χ2v) is 18.3. The lowest BCUT2D eigenvalue weighted by atomic mass is 9.80. The molecule has 7 heteroatoms. The van der Waals surface area contributed by atoms with E-state index in [1.165, 1.54) is 11.1 Å². The molecule has 0 bridgehead atoms. The van der Waals surface area contributed by atoms with Crippen molar-refractivity contribution in [2.45, 2.75) is 64.6 Å². The molecule has 2 heterocycles. The van der Waals surface area contributed by atoms with Crippen molar-refractivity contribution in [3.05, 3.63) is 238 Å². The van der Waals surface area contributed by atoms with Crippen molar-refractivity contribution in [1.82, 2.24) is 0 Å². The molecule has 0 N–H and O–H groups in total. The number of carbonyl (C=O) groups excluding carboxylic acids is 2. The number of allylic oxidation sites excluding steroid dienone is 7. The minimum atomic E-state index is -0.386. The standard InChI is InChI=1S/C59H56N3O4/c1-58(2)49-37-45(56(63)65-39-41-19-11-7-12-20-41)29-33-51(49)60(5)53(58)35-31-43-27-28-44(55(43)62(47-23-15-9-16-24-47)48-25-17-10-18-26-48)32-36-54-59(3,4)50-38-46(30-34-52(50)61(54)6)57(64)66-40-42-21-13-8-14-22-42/h7-26,29-38H,27-28,39-40H2,1-6H3/q+1. The molecule has 0 aromatic heterocycles. The number of esters is 2. The third-order valence-electron chi connectivity index (χ3n) is 13.4. The van der Waals surface area contributed by atoms with Crippen LogP contribution in [0.2, 0.25) is 0 Å². The maximum absolute atomic E-state index is 13.3. The molecular weight excluding hydrogens is 815 g/mol. The van der Waals surface area contributed by atoms with Crippen LogP contribution < -0.4 is 9.80 Å². The predicted octanol–water partition coefficient (Wildman–Crippen LogP) is 13.1. The molecule has 7 nitrogen and oxygen atoms in total. The highest BCUT2D eigenvalue weighted by Crippen LogP contribution is 2.48. The first-order valence-electron chi connectivity index (χ1n) is 22.7. The molecule has 3 aliphatic rings. The van der Waals surface area contributed by atoms with E-state index in [-0.39, 0.29) is 36.0 Å². The predicted molar refractivity (Wildman–Crippen MR) is 266 cm³/mol. The van der Waals surface area contributed by atoms with Crippen molar-refractivity contribution in [3.63, 3.8) is 0 Å². The molecule has 0 saturated heterocycles. The molecule has 0 amide bonds. The number of hydrogen-bond donors (Lipinski definition) is 0. The Hall–Kier alpha value is -7.51. The maximum atomic E-state index is 13.3. The molecule has 0 unspecified atom stereocenters. The lowest BCUT2D eigenvalue weighted by Gasteiger charge is -2.29. The molecule has 9 rings (SSSR count). The van der Waals surface area contributed by atoms with Gasteiger partial charge in [-0.25, -0.2) is 9.59 Å². The van der Waals surface area contributed by atoms with Crippen LogP contribution in [0.15, 0.2) is 205 Å². The Morgan fingerprint density at radius 3 is 1.70 bits per heavy atom. The van der Waals surface area contributed by atoms with E-state index in [0.717, 1.165) is 75.0 Å². The summed E-state index contributed by atoms with van der Waals surface area (Å²) >= 11 is 0. The van der Waals surface area contributed by atoms with Crippen molar-refractivity contribution in [3.8, 4) is 0 Å². The summed E-state index contributed by atoms with van der Waals surface area (Å²) in [6.07, 6.45) is 10.9. The third-order valence-corrected chi connectivity index (χ3v) is 13.4. The van der Waals surface area contributed by atoms with E-state index in [1.807, 2.05) is 97.1 Å². The largest absolute Gasteiger partial charge is 0.457 e. The minimum absolute atomic E-state index is 0.227. The monoisotopic (exact) mass is 870 g/mol. The van der Waals surface area contributed by atoms with Gasteiger partial charge in [0.25, 0.3) is 0 Å². The van der Waals surface area contributed by atoms with Gasteiger partial charge in [-0.15, -0.1) is 0 Å². The Kier molecular flexibility index (Phi) is 12.0. The Morgan fingerprint density at radius 2 is 1.14 bits per heavy atom. The summed E-state index contributed by atoms with van der Waals surface area (Å²) < 4.78 is 13.7. The van der Waals surface area contributed by atoms with Gasteiger partial charge < -0.3 is 19.3 Å². The van der Waals surface area contributed by atoms with Crippen LogP contribution in [0, 0.1) is 0 Å². The van der Waals surface area contributed by atoms with Gasteiger partial charge in [-0.05, 0) is 115 Å². The number of ether oxygens (including phenoxy) is 2. The lowest BCUT2D eigenvalue weighted by Crippen LogP contribution is -2.27. The Balaban J connectivity index is 1.05. The third kappa shape index (κ3) is 8.45. The fraction of sp³-hybridized carbons (Fsp3) is 0.203. The Morgan fingerprint density at radius 1 is 0.621 bits per heavy atom. The van der Waals surface area contributed by atoms with E-state index in [2.05, 4.69) is 141 Å². The van der Waals surface area contributed by atoms with E-state index in [0.29, 0.717) is 11.1 Å². The molecule has 0 radical (unpaired) electrons. The van der Waals surface area contributed by atoms with Crippen molar-refractivity contribution < 1.29 is 23.6 Å². The lowest BCUT2D eigenvalue weighted by molar-refractivity contribution is -0.401. The maximum Gasteiger partial charge on any atom is 0.338 e. The van der Waals surface area contributed by atoms with Gasteiger partial charge in [0.15, 0.2) is 5.71 Å². The van der Waals surface area contributed by atoms with Crippen molar-refractivity contribution in [2.75, 3.05) is 23.9 Å². The van der Waals surface area contributed by atoms with E-state index in [4.69, 9.17) is 9.47 Å². The molecule has 6 aromatic carbocycles. The smallest absolute Gasteiger partial charge is 0.338 e. The highest BCUT2D eigenvalue weighted by atomic mass is 16.5. The van der Waals surface area contributed by atoms with Gasteiger partial charge in [-0.3, -0.25) is 0 Å². The molecule has 66 heavy (non-hydrogen) atoms. The molecule has 0 fully saturated rings. The average Bonchev–Trinajstić information content (AvgIpc) is 3.89. The molecule has 6 aromatic rings. The number of rotatable bonds is 12. The first-order valence-corrected chi connectivity index (χ1v) is 22.7. The molecule has 330 valence electrons. The number of hydrogen-bond acceptors (Lipinski definition) is 6. The number of para-hydroxylation sites is 2. The molecule has 0 atom stereocenters. The van der Waals surface area contributed by atoms with Crippen LogP contribution in [0.3, 0.4) is 0 Å². The van der Waals surface area contributed by atoms with Crippen LogP contribution in [0.1, 0.15) is 83.5 Å². The average molecular weight is 871 g/mol. The van der Waals surface area contributed by atoms with Gasteiger partial charge in [0.05, 0.1) is 22.2 Å². The molecule has 0 saturated carbocycles. The first kappa shape index (κ1) is 43.7. The zero-order valence-corrected chi connectivity index (χ0v) is 38.6. The summed E-state index contributed by atoms with van der Waals surface area (Å²) in [4.78, 5) is 31.3. The molecular formula is C59H56N3O4+. The molecule has 0 spiro atoms. The van der Waals surface area contributed by atoms with Crippen LogP contribution in [0.25, 0.3) is 0 Å². The number of fused-ring (bicyclic) bond motifs is 2. The van der Waals surface area contributed by atoms with E-state index in [1.54, 1.807) is 0 Å². The number of carbonyl (C=O) groups is 2. The van der Waals surface area contributed by atoms with Crippen LogP contribution in [0.5, 0.6) is 0 Å². The van der Waals surface area contributed by atoms with Crippen LogP contribution in [0.4, 0.5) is 22.7 Å². The van der Waals surface area contributed by atoms with E-state index in [9.17, 15) is 9.59 Å². The summed E-state index contributed by atoms with van der Waals surface area (Å²) in [5.41, 5.74) is 14.6. The van der Waals surface area contributed by atoms with Crippen molar-refractivity contribution in [2.24, 2.45) is 0 Å². The van der Waals surface area contributed by atoms with E-state index >= 15 is 0 Å². The SMILES string of the molecule is CN1/C(=C/C=C2\CCC(/C=C/C3=[N+](C)c4ccc(C(=O)OCc5ccccc5)cc4C3(C)C)=C2N(c2ccccc2)c2ccccc2)C(C)(C)c2cc(C(=O)OCc3ccccc3)ccc21. The molecule has 1 aliphatic carbocycles. The van der Waals surface area contributed by atoms with Gasteiger partial charge >= 0.3 is 11.9 Å². The van der Waals surface area contributed by atoms with Gasteiger partial charge in [-0.1, -0.05) is 123 Å². The zero-order valence-electron chi connectivity index (χ0n) is 38.6. The van der Waals surface area contributed by atoms with Gasteiger partial charge in [0.1, 0.15) is 20.3 Å². The zero-order chi connectivity index (χ0) is 46.0. The fourth-order valence-corrected chi connectivity index (χ4v) is 9.78.